The van der Waals surface area contributed by atoms with Gasteiger partial charge < -0.3 is 39.9 Å². The summed E-state index contributed by atoms with van der Waals surface area (Å²) in [6.45, 7) is 12.2. The minimum absolute atomic E-state index is 0.0390. The van der Waals surface area contributed by atoms with E-state index in [1.54, 1.807) is 49.7 Å². The topological polar surface area (TPSA) is 182 Å². The van der Waals surface area contributed by atoms with Crippen molar-refractivity contribution < 1.29 is 18.4 Å². The van der Waals surface area contributed by atoms with Gasteiger partial charge in [0.1, 0.15) is 25.2 Å². The molecule has 16 nitrogen and oxygen atoms in total. The Bertz CT molecular complexity index is 2650. The summed E-state index contributed by atoms with van der Waals surface area (Å²) in [5.41, 5.74) is 16.1. The number of urea groups is 1. The largest absolute Gasteiger partial charge is 0.445 e. The highest BCUT2D eigenvalue weighted by Crippen LogP contribution is 2.31. The maximum Gasteiger partial charge on any atom is 0.338 e. The smallest absolute Gasteiger partial charge is 0.338 e. The van der Waals surface area contributed by atoms with Gasteiger partial charge in [-0.2, -0.15) is 0 Å². The molecule has 0 aliphatic carbocycles. The number of benzene rings is 4. The number of amides is 2. The number of nitrogens with two attached hydrogens (primary N) is 1. The molecule has 0 atom stereocenters. The first kappa shape index (κ1) is 46.3. The van der Waals surface area contributed by atoms with Crippen molar-refractivity contribution in [3.8, 4) is 45.2 Å². The van der Waals surface area contributed by atoms with Crippen LogP contribution in [-0.4, -0.2) is 122 Å². The number of rotatable bonds is 5. The lowest BCUT2D eigenvalue weighted by molar-refractivity contribution is 0.164. The van der Waals surface area contributed by atoms with Gasteiger partial charge in [-0.15, -0.1) is 0 Å². The van der Waals surface area contributed by atoms with Crippen molar-refractivity contribution in [2.75, 3.05) is 77.5 Å². The van der Waals surface area contributed by atoms with Crippen LogP contribution >= 0.6 is 0 Å². The molecule has 2 aliphatic rings. The number of carbonyl (C=O) groups excluding carboxylic acids is 2. The monoisotopic (exact) mass is 888 g/mol. The minimum Gasteiger partial charge on any atom is -0.445 e. The standard InChI is InChI=1S/C22H24N4O2.C16H14N2O.C7H6N4O.C5H12N2/c1-16-3-4-18(21-23-9-14-28-21)15-20(16)17-5-7-19(8-6-17)24-22(27)26-12-10-25(2)11-13-26;1-11-2-3-13(16-18-8-9-19-16)10-15(11)12-4-6-14(17)7-5-12;12-7(10-3-1-8-5-10)11-4-2-9-6-11;1-7-4-2-6-3-5-7/h3-9,14-15H,10-13H2,1-2H3,(H,24,27);2-10H,17H2,1H3;1-6H;6H,2-5H2,1H3. The zero-order chi connectivity index (χ0) is 46.3. The molecular formula is C50H56N12O4. The lowest BCUT2D eigenvalue weighted by Crippen LogP contribution is -2.48. The van der Waals surface area contributed by atoms with E-state index in [9.17, 15) is 9.59 Å². The molecular weight excluding hydrogens is 833 g/mol. The molecule has 2 amide bonds. The summed E-state index contributed by atoms with van der Waals surface area (Å²) in [7, 11) is 4.23. The second kappa shape index (κ2) is 22.8. The Hall–Kier alpha value is -7.66. The Balaban J connectivity index is 0.000000146. The third-order valence-electron chi connectivity index (χ3n) is 11.1. The van der Waals surface area contributed by atoms with Gasteiger partial charge in [0, 0.05) is 99.6 Å². The van der Waals surface area contributed by atoms with Gasteiger partial charge in [-0.25, -0.2) is 29.5 Å². The number of likely N-dealkylation sites (N-methyl/N-ethyl adjacent to an activating group) is 2. The molecule has 6 heterocycles. The minimum atomic E-state index is -0.190. The SMILES string of the molecule is CN1CCNCC1.Cc1ccc(-c2ncco2)cc1-c1ccc(N)cc1.Cc1ccc(-c2ncco2)cc1-c1ccc(NC(=O)N2CCN(C)CC2)cc1.O=C(n1ccnc1)n1ccnc1. The zero-order valence-corrected chi connectivity index (χ0v) is 37.7. The summed E-state index contributed by atoms with van der Waals surface area (Å²) >= 11 is 0. The van der Waals surface area contributed by atoms with Crippen molar-refractivity contribution in [1.29, 1.82) is 0 Å². The number of nitrogen functional groups attached to an aromatic ring is 1. The van der Waals surface area contributed by atoms with E-state index in [2.05, 4.69) is 92.6 Å². The van der Waals surface area contributed by atoms with E-state index in [-0.39, 0.29) is 12.1 Å². The Morgan fingerprint density at radius 1 is 0.606 bits per heavy atom. The molecule has 16 heteroatoms. The number of aromatic nitrogens is 6. The maximum absolute atomic E-state index is 12.4. The fourth-order valence-corrected chi connectivity index (χ4v) is 7.13. The van der Waals surface area contributed by atoms with Crippen molar-refractivity contribution in [2.45, 2.75) is 13.8 Å². The normalized spacial score (nSPS) is 13.8. The molecule has 0 saturated carbocycles. The van der Waals surface area contributed by atoms with Crippen LogP contribution in [0.1, 0.15) is 11.1 Å². The highest BCUT2D eigenvalue weighted by molar-refractivity contribution is 5.90. The van der Waals surface area contributed by atoms with Crippen LogP contribution in [0.5, 0.6) is 0 Å². The lowest BCUT2D eigenvalue weighted by Gasteiger charge is -2.32. The number of hydrogen-bond acceptors (Lipinski definition) is 12. The summed E-state index contributed by atoms with van der Waals surface area (Å²) in [5, 5.41) is 6.27. The quantitative estimate of drug-likeness (QED) is 0.142. The van der Waals surface area contributed by atoms with Gasteiger partial charge in [-0.3, -0.25) is 9.13 Å². The summed E-state index contributed by atoms with van der Waals surface area (Å²) in [6.07, 6.45) is 15.6. The third kappa shape index (κ3) is 12.7. The molecule has 4 aromatic carbocycles. The number of imidazole rings is 2. The van der Waals surface area contributed by atoms with Gasteiger partial charge in [-0.05, 0) is 110 Å². The molecule has 0 unspecified atom stereocenters. The van der Waals surface area contributed by atoms with Crippen molar-refractivity contribution in [3.05, 3.63) is 158 Å². The molecule has 8 aromatic rings. The summed E-state index contributed by atoms with van der Waals surface area (Å²) in [6, 6.07) is 27.9. The number of piperazine rings is 2. The molecule has 4 aromatic heterocycles. The second-order valence-electron chi connectivity index (χ2n) is 15.9. The molecule has 2 fully saturated rings. The van der Waals surface area contributed by atoms with Gasteiger partial charge in [-0.1, -0.05) is 36.4 Å². The van der Waals surface area contributed by atoms with Gasteiger partial charge in [0.05, 0.1) is 12.4 Å². The first-order chi connectivity index (χ1) is 32.1. The van der Waals surface area contributed by atoms with Crippen molar-refractivity contribution in [3.63, 3.8) is 0 Å². The number of hydrogen-bond donors (Lipinski definition) is 3. The Kier molecular flexibility index (Phi) is 16.0. The van der Waals surface area contributed by atoms with Crippen LogP contribution < -0.4 is 16.4 Å². The van der Waals surface area contributed by atoms with Crippen LogP contribution in [0.2, 0.25) is 0 Å². The second-order valence-corrected chi connectivity index (χ2v) is 15.9. The number of nitrogens with one attached hydrogen (secondary N) is 2. The van der Waals surface area contributed by atoms with Gasteiger partial charge in [0.15, 0.2) is 0 Å². The van der Waals surface area contributed by atoms with Crippen molar-refractivity contribution in [1.82, 2.24) is 49.1 Å². The number of nitrogens with zero attached hydrogens (tertiary/aromatic N) is 9. The number of carbonyl (C=O) groups is 2. The van der Waals surface area contributed by atoms with Gasteiger partial charge in [0.2, 0.25) is 11.8 Å². The average molecular weight is 889 g/mol. The molecule has 0 bridgehead atoms. The van der Waals surface area contributed by atoms with E-state index in [0.29, 0.717) is 11.8 Å². The molecule has 340 valence electrons. The van der Waals surface area contributed by atoms with Crippen LogP contribution in [0.25, 0.3) is 45.2 Å². The molecule has 2 aliphatic heterocycles. The van der Waals surface area contributed by atoms with E-state index in [0.717, 1.165) is 84.0 Å². The van der Waals surface area contributed by atoms with Crippen LogP contribution in [0, 0.1) is 13.8 Å². The van der Waals surface area contributed by atoms with Crippen LogP contribution in [0.15, 0.2) is 156 Å². The number of oxazole rings is 2. The highest BCUT2D eigenvalue weighted by Gasteiger charge is 2.19. The Morgan fingerprint density at radius 2 is 1.08 bits per heavy atom. The predicted molar refractivity (Wildman–Crippen MR) is 258 cm³/mol. The molecule has 2 saturated heterocycles. The van der Waals surface area contributed by atoms with Crippen LogP contribution in [0.4, 0.5) is 21.0 Å². The molecule has 0 spiro atoms. The number of anilines is 2. The van der Waals surface area contributed by atoms with Crippen LogP contribution in [0.3, 0.4) is 0 Å². The predicted octanol–water partition coefficient (Wildman–Crippen LogP) is 8.11. The molecule has 10 rings (SSSR count). The fourth-order valence-electron chi connectivity index (χ4n) is 7.13. The summed E-state index contributed by atoms with van der Waals surface area (Å²) in [5.74, 6) is 1.24. The number of aryl methyl sites for hydroxylation is 2. The van der Waals surface area contributed by atoms with E-state index in [1.165, 1.54) is 46.0 Å². The fraction of sp³-hybridized carbons (Fsp3) is 0.240. The lowest BCUT2D eigenvalue weighted by atomic mass is 9.98. The van der Waals surface area contributed by atoms with Crippen molar-refractivity contribution in [2.24, 2.45) is 0 Å². The molecule has 0 radical (unpaired) electrons. The first-order valence-corrected chi connectivity index (χ1v) is 21.7. The van der Waals surface area contributed by atoms with Gasteiger partial charge in [0.25, 0.3) is 0 Å². The third-order valence-corrected chi connectivity index (χ3v) is 11.1. The average Bonchev–Trinajstić information content (AvgIpc) is 4.21. The van der Waals surface area contributed by atoms with Crippen LogP contribution in [-0.2, 0) is 0 Å². The van der Waals surface area contributed by atoms with E-state index >= 15 is 0 Å². The summed E-state index contributed by atoms with van der Waals surface area (Å²) in [4.78, 5) is 46.2. The van der Waals surface area contributed by atoms with E-state index < -0.39 is 0 Å². The zero-order valence-electron chi connectivity index (χ0n) is 37.7. The summed E-state index contributed by atoms with van der Waals surface area (Å²) < 4.78 is 13.5. The van der Waals surface area contributed by atoms with E-state index in [4.69, 9.17) is 14.6 Å². The first-order valence-electron chi connectivity index (χ1n) is 21.7. The highest BCUT2D eigenvalue weighted by atomic mass is 16.3. The van der Waals surface area contributed by atoms with Gasteiger partial charge >= 0.3 is 12.1 Å². The Morgan fingerprint density at radius 3 is 1.50 bits per heavy atom. The molecule has 66 heavy (non-hydrogen) atoms. The maximum atomic E-state index is 12.4. The van der Waals surface area contributed by atoms with Crippen molar-refractivity contribution >= 4 is 23.4 Å². The molecule has 4 N–H and O–H groups in total. The van der Waals surface area contributed by atoms with E-state index in [1.807, 2.05) is 65.6 Å². The Labute approximate surface area is 384 Å².